The Kier molecular flexibility index (Phi) is 3.40. The molecule has 14 heavy (non-hydrogen) atoms. The molecule has 0 saturated carbocycles. The van der Waals surface area contributed by atoms with Crippen molar-refractivity contribution < 1.29 is 4.42 Å². The first-order valence-corrected chi connectivity index (χ1v) is 5.83. The summed E-state index contributed by atoms with van der Waals surface area (Å²) in [5.74, 6) is 0. The Morgan fingerprint density at radius 1 is 1.43 bits per heavy atom. The second kappa shape index (κ2) is 4.59. The van der Waals surface area contributed by atoms with E-state index in [1.54, 1.807) is 6.26 Å². The van der Waals surface area contributed by atoms with Crippen molar-refractivity contribution in [3.63, 3.8) is 0 Å². The van der Waals surface area contributed by atoms with Gasteiger partial charge in [0, 0.05) is 55.3 Å². The molecule has 2 heterocycles. The molecular weight excluding hydrogens is 293 g/mol. The summed E-state index contributed by atoms with van der Waals surface area (Å²) in [6, 6.07) is 0. The number of rotatable bonds is 2. The van der Waals surface area contributed by atoms with E-state index in [2.05, 4.69) is 44.4 Å². The highest BCUT2D eigenvalue weighted by Crippen LogP contribution is 2.09. The van der Waals surface area contributed by atoms with Crippen LogP contribution in [0.4, 0.5) is 0 Å². The molecule has 0 aliphatic carbocycles. The standard InChI is InChI=1S/C9H14IN3O/c1-12-2-4-13(5-3-12)6-8-7-14-9(10)11-8/h7H,2-6H2,1H3. The van der Waals surface area contributed by atoms with Gasteiger partial charge in [0.2, 0.25) is 0 Å². The van der Waals surface area contributed by atoms with E-state index in [1.807, 2.05) is 0 Å². The number of halogens is 1. The zero-order valence-corrected chi connectivity index (χ0v) is 10.4. The molecule has 1 aliphatic heterocycles. The van der Waals surface area contributed by atoms with Crippen molar-refractivity contribution in [2.24, 2.45) is 0 Å². The van der Waals surface area contributed by atoms with Crippen LogP contribution < -0.4 is 0 Å². The van der Waals surface area contributed by atoms with Gasteiger partial charge in [-0.1, -0.05) is 0 Å². The molecule has 1 aromatic heterocycles. The maximum Gasteiger partial charge on any atom is 0.257 e. The highest BCUT2D eigenvalue weighted by molar-refractivity contribution is 14.1. The van der Waals surface area contributed by atoms with Crippen LogP contribution in [0.5, 0.6) is 0 Å². The smallest absolute Gasteiger partial charge is 0.257 e. The Balaban J connectivity index is 1.86. The highest BCUT2D eigenvalue weighted by Gasteiger charge is 2.15. The largest absolute Gasteiger partial charge is 0.440 e. The second-order valence-electron chi connectivity index (χ2n) is 3.67. The van der Waals surface area contributed by atoms with Crippen molar-refractivity contribution in [3.05, 3.63) is 15.9 Å². The third-order valence-corrected chi connectivity index (χ3v) is 3.00. The Hall–Kier alpha value is -0.140. The fraction of sp³-hybridized carbons (Fsp3) is 0.667. The second-order valence-corrected chi connectivity index (χ2v) is 4.59. The van der Waals surface area contributed by atoms with Crippen LogP contribution >= 0.6 is 22.6 Å². The minimum Gasteiger partial charge on any atom is -0.440 e. The molecule has 4 nitrogen and oxygen atoms in total. The van der Waals surface area contributed by atoms with Crippen molar-refractivity contribution in [3.8, 4) is 0 Å². The summed E-state index contributed by atoms with van der Waals surface area (Å²) >= 11 is 2.09. The van der Waals surface area contributed by atoms with Crippen molar-refractivity contribution in [1.29, 1.82) is 0 Å². The molecule has 0 N–H and O–H groups in total. The molecule has 1 aromatic rings. The zero-order valence-electron chi connectivity index (χ0n) is 8.24. The van der Waals surface area contributed by atoms with E-state index in [-0.39, 0.29) is 0 Å². The lowest BCUT2D eigenvalue weighted by molar-refractivity contribution is 0.147. The van der Waals surface area contributed by atoms with Crippen molar-refractivity contribution >= 4 is 22.6 Å². The van der Waals surface area contributed by atoms with E-state index in [1.165, 1.54) is 0 Å². The molecule has 5 heteroatoms. The maximum atomic E-state index is 5.17. The lowest BCUT2D eigenvalue weighted by Crippen LogP contribution is -2.43. The average molecular weight is 307 g/mol. The molecule has 0 spiro atoms. The number of hydrogen-bond donors (Lipinski definition) is 0. The van der Waals surface area contributed by atoms with Gasteiger partial charge in [0.25, 0.3) is 3.90 Å². The van der Waals surface area contributed by atoms with Gasteiger partial charge in [0.05, 0.1) is 5.69 Å². The normalized spacial score (nSPS) is 20.1. The van der Waals surface area contributed by atoms with E-state index < -0.39 is 0 Å². The predicted molar refractivity (Wildman–Crippen MR) is 62.0 cm³/mol. The molecule has 0 atom stereocenters. The zero-order chi connectivity index (χ0) is 9.97. The molecule has 1 saturated heterocycles. The Morgan fingerprint density at radius 3 is 2.71 bits per heavy atom. The molecule has 0 bridgehead atoms. The summed E-state index contributed by atoms with van der Waals surface area (Å²) in [4.78, 5) is 9.05. The lowest BCUT2D eigenvalue weighted by Gasteiger charge is -2.31. The van der Waals surface area contributed by atoms with Crippen LogP contribution in [0.1, 0.15) is 5.69 Å². The van der Waals surface area contributed by atoms with Crippen LogP contribution in [0, 0.1) is 3.90 Å². The van der Waals surface area contributed by atoms with Crippen LogP contribution in [0.15, 0.2) is 10.7 Å². The Morgan fingerprint density at radius 2 is 2.14 bits per heavy atom. The van der Waals surface area contributed by atoms with E-state index in [0.717, 1.165) is 42.3 Å². The molecule has 2 rings (SSSR count). The molecular formula is C9H14IN3O. The van der Waals surface area contributed by atoms with Gasteiger partial charge >= 0.3 is 0 Å². The quantitative estimate of drug-likeness (QED) is 0.764. The summed E-state index contributed by atoms with van der Waals surface area (Å²) < 4.78 is 5.89. The molecule has 78 valence electrons. The van der Waals surface area contributed by atoms with Crippen LogP contribution in [-0.4, -0.2) is 48.0 Å². The Bertz CT molecular complexity index is 294. The molecule has 0 unspecified atom stereocenters. The summed E-state index contributed by atoms with van der Waals surface area (Å²) in [6.45, 7) is 5.46. The molecule has 0 amide bonds. The van der Waals surface area contributed by atoms with Crippen molar-refractivity contribution in [2.45, 2.75) is 6.54 Å². The number of nitrogens with zero attached hydrogens (tertiary/aromatic N) is 3. The lowest BCUT2D eigenvalue weighted by atomic mass is 10.3. The predicted octanol–water partition coefficient (Wildman–Crippen LogP) is 1.03. The minimum absolute atomic E-state index is 0.728. The third-order valence-electron chi connectivity index (χ3n) is 2.51. The first kappa shape index (κ1) is 10.4. The van der Waals surface area contributed by atoms with Gasteiger partial charge in [-0.25, -0.2) is 4.98 Å². The first-order valence-electron chi connectivity index (χ1n) is 4.75. The van der Waals surface area contributed by atoms with Crippen molar-refractivity contribution in [2.75, 3.05) is 33.2 Å². The van der Waals surface area contributed by atoms with Gasteiger partial charge < -0.3 is 9.32 Å². The summed E-state index contributed by atoms with van der Waals surface area (Å²) in [5, 5.41) is 0. The SMILES string of the molecule is CN1CCN(Cc2coc(I)n2)CC1. The van der Waals surface area contributed by atoms with Gasteiger partial charge in [0.15, 0.2) is 0 Å². The Labute approximate surface area is 97.4 Å². The summed E-state index contributed by atoms with van der Waals surface area (Å²) in [7, 11) is 2.16. The van der Waals surface area contributed by atoms with E-state index >= 15 is 0 Å². The number of aromatic nitrogens is 1. The maximum absolute atomic E-state index is 5.17. The van der Waals surface area contributed by atoms with E-state index in [9.17, 15) is 0 Å². The summed E-state index contributed by atoms with van der Waals surface area (Å²) in [5.41, 5.74) is 1.04. The number of hydrogen-bond acceptors (Lipinski definition) is 4. The van der Waals surface area contributed by atoms with E-state index in [0.29, 0.717) is 0 Å². The number of piperazine rings is 1. The fourth-order valence-corrected chi connectivity index (χ4v) is 2.03. The molecule has 0 aromatic carbocycles. The van der Waals surface area contributed by atoms with Gasteiger partial charge in [-0.05, 0) is 7.05 Å². The van der Waals surface area contributed by atoms with Crippen LogP contribution in [0.3, 0.4) is 0 Å². The third kappa shape index (κ3) is 2.68. The average Bonchev–Trinajstić information content (AvgIpc) is 2.56. The number of likely N-dealkylation sites (N-methyl/N-ethyl adjacent to an activating group) is 1. The van der Waals surface area contributed by atoms with Gasteiger partial charge in [-0.2, -0.15) is 0 Å². The fourth-order valence-electron chi connectivity index (χ4n) is 1.59. The molecule has 1 fully saturated rings. The highest BCUT2D eigenvalue weighted by atomic mass is 127. The van der Waals surface area contributed by atoms with Crippen LogP contribution in [-0.2, 0) is 6.54 Å². The topological polar surface area (TPSA) is 32.5 Å². The van der Waals surface area contributed by atoms with Crippen molar-refractivity contribution in [1.82, 2.24) is 14.8 Å². The first-order chi connectivity index (χ1) is 6.74. The van der Waals surface area contributed by atoms with E-state index in [4.69, 9.17) is 4.42 Å². The minimum atomic E-state index is 0.728. The molecule has 0 radical (unpaired) electrons. The van der Waals surface area contributed by atoms with Gasteiger partial charge in [-0.15, -0.1) is 0 Å². The van der Waals surface area contributed by atoms with Gasteiger partial charge in [0.1, 0.15) is 6.26 Å². The monoisotopic (exact) mass is 307 g/mol. The molecule has 1 aliphatic rings. The van der Waals surface area contributed by atoms with Gasteiger partial charge in [-0.3, -0.25) is 4.90 Å². The number of oxazole rings is 1. The summed E-state index contributed by atoms with van der Waals surface area (Å²) in [6.07, 6.45) is 1.75. The van der Waals surface area contributed by atoms with Crippen LogP contribution in [0.25, 0.3) is 0 Å². The van der Waals surface area contributed by atoms with Crippen LogP contribution in [0.2, 0.25) is 0 Å².